The second-order valence-corrected chi connectivity index (χ2v) is 9.00. The van der Waals surface area contributed by atoms with Gasteiger partial charge in [-0.15, -0.1) is 0 Å². The van der Waals surface area contributed by atoms with Gasteiger partial charge in [-0.2, -0.15) is 0 Å². The topological polar surface area (TPSA) is 40.5 Å². The number of piperazine rings is 1. The Morgan fingerprint density at radius 1 is 0.938 bits per heavy atom. The van der Waals surface area contributed by atoms with Crippen LogP contribution in [0.4, 0.5) is 0 Å². The lowest BCUT2D eigenvalue weighted by Gasteiger charge is -2.35. The summed E-state index contributed by atoms with van der Waals surface area (Å²) in [5, 5.41) is 3.34. The number of aryl methyl sites for hydroxylation is 2. The van der Waals surface area contributed by atoms with E-state index < -0.39 is 0 Å². The molecule has 1 N–H and O–H groups in total. The summed E-state index contributed by atoms with van der Waals surface area (Å²) in [6.45, 7) is 11.2. The summed E-state index contributed by atoms with van der Waals surface area (Å²) in [7, 11) is 2.16. The summed E-state index contributed by atoms with van der Waals surface area (Å²) in [6.07, 6.45) is 0. The van der Waals surface area contributed by atoms with Gasteiger partial charge in [-0.25, -0.2) is 0 Å². The van der Waals surface area contributed by atoms with E-state index in [4.69, 9.17) is 0 Å². The van der Waals surface area contributed by atoms with Gasteiger partial charge in [0.15, 0.2) is 0 Å². The summed E-state index contributed by atoms with van der Waals surface area (Å²) < 4.78 is 2.17. The molecule has 1 amide bonds. The molecule has 1 aliphatic heterocycles. The summed E-state index contributed by atoms with van der Waals surface area (Å²) in [5.41, 5.74) is 6.22. The fourth-order valence-corrected chi connectivity index (χ4v) is 4.60. The molecule has 0 aliphatic carbocycles. The van der Waals surface area contributed by atoms with Crippen LogP contribution in [0.2, 0.25) is 0 Å². The number of carbonyl (C=O) groups is 1. The number of nitrogens with one attached hydrogen (secondary N) is 1. The molecule has 0 bridgehead atoms. The van der Waals surface area contributed by atoms with Crippen LogP contribution in [0.5, 0.6) is 0 Å². The third-order valence-electron chi connectivity index (χ3n) is 6.48. The molecule has 32 heavy (non-hydrogen) atoms. The van der Waals surface area contributed by atoms with Crippen molar-refractivity contribution in [2.45, 2.75) is 26.8 Å². The summed E-state index contributed by atoms with van der Waals surface area (Å²) in [4.78, 5) is 18.3. The molecule has 0 spiro atoms. The number of nitrogens with zero attached hydrogens (tertiary/aromatic N) is 3. The maximum atomic E-state index is 13.5. The third kappa shape index (κ3) is 4.95. The molecule has 3 aromatic rings. The van der Waals surface area contributed by atoms with Crippen molar-refractivity contribution >= 4 is 5.91 Å². The normalized spacial score (nSPS) is 16.1. The van der Waals surface area contributed by atoms with Gasteiger partial charge in [0.05, 0.1) is 11.6 Å². The number of hydrogen-bond acceptors (Lipinski definition) is 3. The Bertz CT molecular complexity index is 1060. The zero-order chi connectivity index (χ0) is 22.7. The van der Waals surface area contributed by atoms with Gasteiger partial charge in [-0.05, 0) is 57.1 Å². The molecular weight excluding hydrogens is 396 g/mol. The van der Waals surface area contributed by atoms with Crippen molar-refractivity contribution in [3.63, 3.8) is 0 Å². The number of aromatic nitrogens is 1. The average molecular weight is 431 g/mol. The quantitative estimate of drug-likeness (QED) is 0.640. The first-order valence-corrected chi connectivity index (χ1v) is 11.4. The van der Waals surface area contributed by atoms with Crippen molar-refractivity contribution in [3.8, 4) is 5.69 Å². The largest absolute Gasteiger partial charge is 0.344 e. The molecule has 1 aromatic heterocycles. The molecule has 2 heterocycles. The lowest BCUT2D eigenvalue weighted by Crippen LogP contribution is -2.47. The van der Waals surface area contributed by atoms with E-state index in [2.05, 4.69) is 77.0 Å². The number of likely N-dealkylation sites (N-methyl/N-ethyl adjacent to an activating group) is 1. The average Bonchev–Trinajstić information content (AvgIpc) is 3.09. The fourth-order valence-electron chi connectivity index (χ4n) is 4.60. The van der Waals surface area contributed by atoms with Gasteiger partial charge >= 0.3 is 0 Å². The molecule has 0 radical (unpaired) electrons. The van der Waals surface area contributed by atoms with Gasteiger partial charge in [-0.3, -0.25) is 9.69 Å². The van der Waals surface area contributed by atoms with Crippen LogP contribution in [-0.4, -0.2) is 60.0 Å². The molecule has 1 aliphatic rings. The number of amides is 1. The highest BCUT2D eigenvalue weighted by atomic mass is 16.1. The van der Waals surface area contributed by atoms with Crippen LogP contribution < -0.4 is 5.32 Å². The highest BCUT2D eigenvalue weighted by Gasteiger charge is 2.24. The summed E-state index contributed by atoms with van der Waals surface area (Å²) in [6, 6.07) is 20.7. The maximum absolute atomic E-state index is 13.5. The van der Waals surface area contributed by atoms with Crippen molar-refractivity contribution in [3.05, 3.63) is 88.7 Å². The maximum Gasteiger partial charge on any atom is 0.253 e. The van der Waals surface area contributed by atoms with E-state index in [0.717, 1.165) is 60.9 Å². The Hall–Kier alpha value is -2.89. The molecule has 168 valence electrons. The van der Waals surface area contributed by atoms with Gasteiger partial charge in [0, 0.05) is 49.8 Å². The predicted molar refractivity (Wildman–Crippen MR) is 131 cm³/mol. The Kier molecular flexibility index (Phi) is 6.77. The minimum Gasteiger partial charge on any atom is -0.344 e. The summed E-state index contributed by atoms with van der Waals surface area (Å²) >= 11 is 0. The van der Waals surface area contributed by atoms with Crippen LogP contribution in [0.3, 0.4) is 0 Å². The Balaban J connectivity index is 1.58. The molecule has 0 saturated carbocycles. The standard InChI is InChI=1S/C27H34N4O/c1-20-9-8-12-24(17-20)31-21(2)18-25(22(31)3)27(32)28-26(23-10-6-5-7-11-23)19-30-15-13-29(4)14-16-30/h5-12,17-18,26H,13-16,19H2,1-4H3,(H,28,32). The third-order valence-corrected chi connectivity index (χ3v) is 6.48. The van der Waals surface area contributed by atoms with Gasteiger partial charge < -0.3 is 14.8 Å². The first-order valence-electron chi connectivity index (χ1n) is 11.4. The first-order chi connectivity index (χ1) is 15.4. The van der Waals surface area contributed by atoms with Crippen LogP contribution in [0.1, 0.15) is 38.9 Å². The molecule has 1 saturated heterocycles. The minimum atomic E-state index is -0.0471. The molecule has 1 fully saturated rings. The number of carbonyl (C=O) groups excluding carboxylic acids is 1. The fraction of sp³-hybridized carbons (Fsp3) is 0.370. The Morgan fingerprint density at radius 2 is 1.66 bits per heavy atom. The molecule has 2 aromatic carbocycles. The van der Waals surface area contributed by atoms with Crippen LogP contribution >= 0.6 is 0 Å². The van der Waals surface area contributed by atoms with E-state index >= 15 is 0 Å². The molecule has 5 heteroatoms. The van der Waals surface area contributed by atoms with Crippen LogP contribution in [-0.2, 0) is 0 Å². The predicted octanol–water partition coefficient (Wildman–Crippen LogP) is 4.12. The zero-order valence-electron chi connectivity index (χ0n) is 19.6. The Labute approximate surface area is 191 Å². The molecule has 1 unspecified atom stereocenters. The van der Waals surface area contributed by atoms with Crippen molar-refractivity contribution in [1.29, 1.82) is 0 Å². The summed E-state index contributed by atoms with van der Waals surface area (Å²) in [5.74, 6) is -0.0139. The Morgan fingerprint density at radius 3 is 2.34 bits per heavy atom. The molecule has 4 rings (SSSR count). The van der Waals surface area contributed by atoms with Crippen molar-refractivity contribution in [2.75, 3.05) is 39.8 Å². The number of benzene rings is 2. The molecule has 1 atom stereocenters. The molecular formula is C27H34N4O. The lowest BCUT2D eigenvalue weighted by molar-refractivity contribution is 0.0906. The second-order valence-electron chi connectivity index (χ2n) is 9.00. The van der Waals surface area contributed by atoms with Crippen molar-refractivity contribution in [2.24, 2.45) is 0 Å². The van der Waals surface area contributed by atoms with Crippen LogP contribution in [0.15, 0.2) is 60.7 Å². The van der Waals surface area contributed by atoms with Crippen molar-refractivity contribution < 1.29 is 4.79 Å². The zero-order valence-corrected chi connectivity index (χ0v) is 19.6. The van der Waals surface area contributed by atoms with E-state index in [1.54, 1.807) is 0 Å². The van der Waals surface area contributed by atoms with E-state index in [-0.39, 0.29) is 11.9 Å². The van der Waals surface area contributed by atoms with E-state index in [1.807, 2.05) is 31.2 Å². The number of rotatable bonds is 6. The van der Waals surface area contributed by atoms with E-state index in [1.165, 1.54) is 5.56 Å². The van der Waals surface area contributed by atoms with Gasteiger partial charge in [0.25, 0.3) is 5.91 Å². The van der Waals surface area contributed by atoms with E-state index in [9.17, 15) is 4.79 Å². The van der Waals surface area contributed by atoms with Gasteiger partial charge in [-0.1, -0.05) is 42.5 Å². The monoisotopic (exact) mass is 430 g/mol. The van der Waals surface area contributed by atoms with Crippen LogP contribution in [0, 0.1) is 20.8 Å². The van der Waals surface area contributed by atoms with Crippen molar-refractivity contribution in [1.82, 2.24) is 19.7 Å². The smallest absolute Gasteiger partial charge is 0.253 e. The first kappa shape index (κ1) is 22.3. The number of hydrogen-bond donors (Lipinski definition) is 1. The lowest BCUT2D eigenvalue weighted by atomic mass is 10.0. The SMILES string of the molecule is Cc1cccc(-n2c(C)cc(C(=O)NC(CN3CCN(C)CC3)c3ccccc3)c2C)c1. The minimum absolute atomic E-state index is 0.0139. The van der Waals surface area contributed by atoms with Gasteiger partial charge in [0.1, 0.15) is 0 Å². The highest BCUT2D eigenvalue weighted by Crippen LogP contribution is 2.23. The highest BCUT2D eigenvalue weighted by molar-refractivity contribution is 5.96. The van der Waals surface area contributed by atoms with E-state index in [0.29, 0.717) is 0 Å². The second kappa shape index (κ2) is 9.72. The molecule has 5 nitrogen and oxygen atoms in total. The van der Waals surface area contributed by atoms with Gasteiger partial charge in [0.2, 0.25) is 0 Å². The van der Waals surface area contributed by atoms with Crippen LogP contribution in [0.25, 0.3) is 5.69 Å².